The van der Waals surface area contributed by atoms with E-state index >= 15 is 0 Å². The second-order valence-corrected chi connectivity index (χ2v) is 5.71. The summed E-state index contributed by atoms with van der Waals surface area (Å²) in [5.41, 5.74) is 0. The molecule has 0 bridgehead atoms. The van der Waals surface area contributed by atoms with Crippen LogP contribution in [0.5, 0.6) is 0 Å². The lowest BCUT2D eigenvalue weighted by atomic mass is 9.85. The molecule has 1 saturated carbocycles. The molecule has 5 nitrogen and oxygen atoms in total. The first kappa shape index (κ1) is 13.1. The van der Waals surface area contributed by atoms with Gasteiger partial charge >= 0.3 is 0 Å². The summed E-state index contributed by atoms with van der Waals surface area (Å²) in [4.78, 5) is 7.18. The highest BCUT2D eigenvalue weighted by molar-refractivity contribution is 5.02. The van der Waals surface area contributed by atoms with Crippen LogP contribution in [0, 0.1) is 0 Å². The molecule has 106 valence electrons. The maximum atomic E-state index is 5.48. The third-order valence-corrected chi connectivity index (χ3v) is 4.36. The average molecular weight is 264 g/mol. The Kier molecular flexibility index (Phi) is 4.13. The highest BCUT2D eigenvalue weighted by Gasteiger charge is 2.29. The molecular formula is C14H24N4O. The van der Waals surface area contributed by atoms with Crippen molar-refractivity contribution in [2.75, 3.05) is 26.2 Å². The molecule has 2 aliphatic rings. The van der Waals surface area contributed by atoms with Crippen LogP contribution in [0.25, 0.3) is 0 Å². The van der Waals surface area contributed by atoms with Crippen molar-refractivity contribution in [1.82, 2.24) is 20.4 Å². The molecule has 5 heteroatoms. The lowest BCUT2D eigenvalue weighted by Crippen LogP contribution is -2.45. The first-order chi connectivity index (χ1) is 9.38. The van der Waals surface area contributed by atoms with Crippen LogP contribution in [0.4, 0.5) is 0 Å². The lowest BCUT2D eigenvalue weighted by Gasteiger charge is -2.33. The van der Waals surface area contributed by atoms with Crippen molar-refractivity contribution < 1.29 is 4.52 Å². The van der Waals surface area contributed by atoms with Crippen molar-refractivity contribution in [1.29, 1.82) is 0 Å². The molecule has 19 heavy (non-hydrogen) atoms. The Balaban J connectivity index is 1.72. The molecule has 2 heterocycles. The summed E-state index contributed by atoms with van der Waals surface area (Å²) >= 11 is 0. The maximum Gasteiger partial charge on any atom is 0.229 e. The number of nitrogens with zero attached hydrogens (tertiary/aromatic N) is 3. The van der Waals surface area contributed by atoms with Crippen molar-refractivity contribution in [3.63, 3.8) is 0 Å². The van der Waals surface area contributed by atoms with E-state index in [1.165, 1.54) is 19.3 Å². The van der Waals surface area contributed by atoms with E-state index in [2.05, 4.69) is 27.3 Å². The van der Waals surface area contributed by atoms with Crippen molar-refractivity contribution in [3.8, 4) is 0 Å². The van der Waals surface area contributed by atoms with Gasteiger partial charge < -0.3 is 9.84 Å². The molecule has 1 aliphatic carbocycles. The van der Waals surface area contributed by atoms with Gasteiger partial charge in [0.05, 0.1) is 6.04 Å². The molecule has 1 aliphatic heterocycles. The standard InChI is InChI=1S/C14H24N4O/c1-2-4-12(18-9-7-15-8-10-18)13-16-14(19-17-13)11-5-3-6-11/h11-12,15H,2-10H2,1H3. The molecule has 1 N–H and O–H groups in total. The van der Waals surface area contributed by atoms with Crippen LogP contribution in [0.1, 0.15) is 62.7 Å². The Hall–Kier alpha value is -0.940. The second-order valence-electron chi connectivity index (χ2n) is 5.71. The maximum absolute atomic E-state index is 5.48. The monoisotopic (exact) mass is 264 g/mol. The number of piperazine rings is 1. The van der Waals surface area contributed by atoms with E-state index in [0.29, 0.717) is 12.0 Å². The molecule has 0 radical (unpaired) electrons. The molecule has 1 aromatic heterocycles. The largest absolute Gasteiger partial charge is 0.339 e. The first-order valence-corrected chi connectivity index (χ1v) is 7.66. The summed E-state index contributed by atoms with van der Waals surface area (Å²) in [5, 5.41) is 7.66. The van der Waals surface area contributed by atoms with Crippen LogP contribution < -0.4 is 5.32 Å². The average Bonchev–Trinajstić information content (AvgIpc) is 2.84. The fourth-order valence-corrected chi connectivity index (χ4v) is 2.95. The van der Waals surface area contributed by atoms with Gasteiger partial charge in [0.1, 0.15) is 0 Å². The molecule has 1 aromatic rings. The molecule has 1 atom stereocenters. The minimum absolute atomic E-state index is 0.338. The third-order valence-electron chi connectivity index (χ3n) is 4.36. The number of aromatic nitrogens is 2. The highest BCUT2D eigenvalue weighted by atomic mass is 16.5. The van der Waals surface area contributed by atoms with Gasteiger partial charge in [0.15, 0.2) is 5.82 Å². The quantitative estimate of drug-likeness (QED) is 0.882. The zero-order valence-corrected chi connectivity index (χ0v) is 11.8. The zero-order valence-electron chi connectivity index (χ0n) is 11.8. The summed E-state index contributed by atoms with van der Waals surface area (Å²) in [7, 11) is 0. The third kappa shape index (κ3) is 2.82. The Morgan fingerprint density at radius 1 is 1.37 bits per heavy atom. The fraction of sp³-hybridized carbons (Fsp3) is 0.857. The first-order valence-electron chi connectivity index (χ1n) is 7.66. The predicted molar refractivity (Wildman–Crippen MR) is 73.0 cm³/mol. The van der Waals surface area contributed by atoms with Crippen molar-refractivity contribution in [3.05, 3.63) is 11.7 Å². The van der Waals surface area contributed by atoms with Crippen molar-refractivity contribution in [2.24, 2.45) is 0 Å². The van der Waals surface area contributed by atoms with Gasteiger partial charge in [0.2, 0.25) is 5.89 Å². The fourth-order valence-electron chi connectivity index (χ4n) is 2.95. The Morgan fingerprint density at radius 2 is 2.16 bits per heavy atom. The van der Waals surface area contributed by atoms with Gasteiger partial charge in [-0.05, 0) is 19.3 Å². The van der Waals surface area contributed by atoms with Crippen molar-refractivity contribution >= 4 is 0 Å². The number of nitrogens with one attached hydrogen (secondary N) is 1. The molecule has 1 unspecified atom stereocenters. The van der Waals surface area contributed by atoms with E-state index in [1.54, 1.807) is 0 Å². The van der Waals surface area contributed by atoms with Gasteiger partial charge in [-0.3, -0.25) is 4.90 Å². The van der Waals surface area contributed by atoms with Crippen LogP contribution in [0.3, 0.4) is 0 Å². The molecule has 0 spiro atoms. The molecule has 0 amide bonds. The molecular weight excluding hydrogens is 240 g/mol. The minimum atomic E-state index is 0.338. The van der Waals surface area contributed by atoms with Gasteiger partial charge in [-0.25, -0.2) is 0 Å². The van der Waals surface area contributed by atoms with Crippen LogP contribution in [0.2, 0.25) is 0 Å². The van der Waals surface area contributed by atoms with Gasteiger partial charge in [0.25, 0.3) is 0 Å². The Morgan fingerprint density at radius 3 is 2.79 bits per heavy atom. The van der Waals surface area contributed by atoms with Gasteiger partial charge in [-0.15, -0.1) is 0 Å². The SMILES string of the molecule is CCCC(c1noc(C2CCC2)n1)N1CCNCC1. The van der Waals surface area contributed by atoms with E-state index in [4.69, 9.17) is 4.52 Å². The van der Waals surface area contributed by atoms with Crippen LogP contribution in [-0.2, 0) is 0 Å². The number of hydrogen-bond acceptors (Lipinski definition) is 5. The molecule has 1 saturated heterocycles. The molecule has 2 fully saturated rings. The van der Waals surface area contributed by atoms with E-state index in [0.717, 1.165) is 50.7 Å². The van der Waals surface area contributed by atoms with Gasteiger partial charge in [0, 0.05) is 32.1 Å². The summed E-state index contributed by atoms with van der Waals surface area (Å²) in [6.07, 6.45) is 6.01. The van der Waals surface area contributed by atoms with Crippen LogP contribution >= 0.6 is 0 Å². The Labute approximate surface area is 114 Å². The van der Waals surface area contributed by atoms with Crippen molar-refractivity contribution in [2.45, 2.75) is 51.0 Å². The Bertz CT molecular complexity index is 396. The lowest BCUT2D eigenvalue weighted by molar-refractivity contribution is 0.155. The van der Waals surface area contributed by atoms with E-state index in [1.807, 2.05) is 0 Å². The zero-order chi connectivity index (χ0) is 13.1. The number of rotatable bonds is 5. The normalized spacial score (nSPS) is 23.2. The van der Waals surface area contributed by atoms with Crippen LogP contribution in [-0.4, -0.2) is 41.2 Å². The predicted octanol–water partition coefficient (Wildman–Crippen LogP) is 2.08. The molecule has 0 aromatic carbocycles. The van der Waals surface area contributed by atoms with E-state index < -0.39 is 0 Å². The summed E-state index contributed by atoms with van der Waals surface area (Å²) in [5.74, 6) is 2.31. The summed E-state index contributed by atoms with van der Waals surface area (Å²) in [6.45, 7) is 6.51. The van der Waals surface area contributed by atoms with Gasteiger partial charge in [-0.2, -0.15) is 4.98 Å². The molecule has 3 rings (SSSR count). The summed E-state index contributed by atoms with van der Waals surface area (Å²) < 4.78 is 5.48. The van der Waals surface area contributed by atoms with E-state index in [9.17, 15) is 0 Å². The number of hydrogen-bond donors (Lipinski definition) is 1. The minimum Gasteiger partial charge on any atom is -0.339 e. The topological polar surface area (TPSA) is 54.2 Å². The smallest absolute Gasteiger partial charge is 0.229 e. The van der Waals surface area contributed by atoms with Gasteiger partial charge in [-0.1, -0.05) is 24.9 Å². The summed E-state index contributed by atoms with van der Waals surface area (Å²) in [6, 6.07) is 0.338. The van der Waals surface area contributed by atoms with Crippen LogP contribution in [0.15, 0.2) is 4.52 Å². The van der Waals surface area contributed by atoms with E-state index in [-0.39, 0.29) is 0 Å². The second kappa shape index (κ2) is 6.01. The highest BCUT2D eigenvalue weighted by Crippen LogP contribution is 2.36.